The first-order valence-corrected chi connectivity index (χ1v) is 5.30. The Morgan fingerprint density at radius 2 is 2.14 bits per heavy atom. The average molecular weight is 224 g/mol. The summed E-state index contributed by atoms with van der Waals surface area (Å²) in [4.78, 5) is 10.7. The molecule has 0 aliphatic rings. The van der Waals surface area contributed by atoms with E-state index >= 15 is 0 Å². The highest BCUT2D eigenvalue weighted by molar-refractivity contribution is 7.86. The summed E-state index contributed by atoms with van der Waals surface area (Å²) in [5.74, 6) is -1.03. The van der Waals surface area contributed by atoms with Crippen LogP contribution in [0.1, 0.15) is 13.3 Å². The number of hydrogen-bond acceptors (Lipinski definition) is 5. The topological polar surface area (TPSA) is 101 Å². The zero-order valence-corrected chi connectivity index (χ0v) is 8.40. The lowest BCUT2D eigenvalue weighted by molar-refractivity contribution is -0.143. The molecular formula is C7H12O6S. The molecule has 0 aromatic carbocycles. The van der Waals surface area contributed by atoms with Crippen LogP contribution in [0.4, 0.5) is 0 Å². The number of aliphatic hydroxyl groups is 1. The Morgan fingerprint density at radius 1 is 1.64 bits per heavy atom. The minimum absolute atomic E-state index is 0.0227. The maximum atomic E-state index is 10.7. The Bertz CT molecular complexity index is 306. The van der Waals surface area contributed by atoms with E-state index in [9.17, 15) is 13.2 Å². The maximum Gasteiger partial charge on any atom is 0.331 e. The Labute approximate surface area is 81.9 Å². The molecule has 82 valence electrons. The predicted octanol–water partition coefficient (Wildman–Crippen LogP) is -0.300. The van der Waals surface area contributed by atoms with E-state index < -0.39 is 27.6 Å². The van der Waals surface area contributed by atoms with E-state index in [0.717, 1.165) is 6.08 Å². The third-order valence-electron chi connectivity index (χ3n) is 1.42. The van der Waals surface area contributed by atoms with Gasteiger partial charge in [0.1, 0.15) is 6.10 Å². The zero-order valence-electron chi connectivity index (χ0n) is 7.58. The first-order valence-electron chi connectivity index (χ1n) is 3.80. The normalized spacial score (nSPS) is 15.6. The minimum Gasteiger partial charge on any atom is -0.437 e. The van der Waals surface area contributed by atoms with Crippen LogP contribution in [0.25, 0.3) is 0 Å². The second-order valence-corrected chi connectivity index (χ2v) is 3.99. The van der Waals surface area contributed by atoms with E-state index in [4.69, 9.17) is 9.66 Å². The lowest BCUT2D eigenvalue weighted by atomic mass is 10.3. The molecule has 0 spiro atoms. The van der Waals surface area contributed by atoms with E-state index in [-0.39, 0.29) is 6.42 Å². The lowest BCUT2D eigenvalue weighted by Crippen LogP contribution is -2.37. The van der Waals surface area contributed by atoms with Gasteiger partial charge in [-0.15, -0.1) is 0 Å². The summed E-state index contributed by atoms with van der Waals surface area (Å²) in [6.07, 6.45) is -0.705. The number of hydrogen-bond donors (Lipinski definition) is 2. The van der Waals surface area contributed by atoms with E-state index in [1.54, 1.807) is 0 Å². The highest BCUT2D eigenvalue weighted by Gasteiger charge is 2.33. The quantitative estimate of drug-likeness (QED) is 0.378. The molecule has 0 radical (unpaired) electrons. The smallest absolute Gasteiger partial charge is 0.331 e. The van der Waals surface area contributed by atoms with Gasteiger partial charge in [0.05, 0.1) is 0 Å². The molecule has 0 heterocycles. The summed E-state index contributed by atoms with van der Waals surface area (Å²) in [7, 11) is -4.62. The van der Waals surface area contributed by atoms with Crippen LogP contribution >= 0.6 is 0 Å². The number of ether oxygens (including phenoxy) is 1. The van der Waals surface area contributed by atoms with Crippen LogP contribution in [0.5, 0.6) is 0 Å². The third kappa shape index (κ3) is 3.86. The average Bonchev–Trinajstić information content (AvgIpc) is 2.10. The Morgan fingerprint density at radius 3 is 2.43 bits per heavy atom. The van der Waals surface area contributed by atoms with E-state index in [1.807, 2.05) is 0 Å². The summed E-state index contributed by atoms with van der Waals surface area (Å²) in [5, 5.41) is 9.15. The van der Waals surface area contributed by atoms with Crippen molar-refractivity contribution in [2.24, 2.45) is 0 Å². The van der Waals surface area contributed by atoms with Gasteiger partial charge in [0.2, 0.25) is 0 Å². The van der Waals surface area contributed by atoms with Crippen LogP contribution in [0.2, 0.25) is 0 Å². The molecule has 2 atom stereocenters. The summed E-state index contributed by atoms with van der Waals surface area (Å²) < 4.78 is 34.2. The van der Waals surface area contributed by atoms with Crippen molar-refractivity contribution in [3.63, 3.8) is 0 Å². The number of aliphatic hydroxyl groups excluding tert-OH is 1. The van der Waals surface area contributed by atoms with Crippen molar-refractivity contribution in [1.82, 2.24) is 0 Å². The molecule has 14 heavy (non-hydrogen) atoms. The molecule has 0 rings (SSSR count). The van der Waals surface area contributed by atoms with E-state index in [1.165, 1.54) is 6.92 Å². The van der Waals surface area contributed by atoms with Crippen molar-refractivity contribution in [2.45, 2.75) is 24.9 Å². The van der Waals surface area contributed by atoms with Crippen molar-refractivity contribution in [1.29, 1.82) is 0 Å². The van der Waals surface area contributed by atoms with Crippen LogP contribution < -0.4 is 0 Å². The number of esters is 1. The molecule has 0 aliphatic heterocycles. The van der Waals surface area contributed by atoms with Gasteiger partial charge in [0.25, 0.3) is 5.44 Å². The monoisotopic (exact) mass is 224 g/mol. The van der Waals surface area contributed by atoms with Crippen molar-refractivity contribution >= 4 is 16.1 Å². The highest BCUT2D eigenvalue weighted by atomic mass is 32.2. The standard InChI is InChI=1S/C7H12O6S/c1-3-5(8)7(14(10,11)12)13-6(9)4-2/h4-5,7-8H,2-3H2,1H3,(H,10,11,12). The lowest BCUT2D eigenvalue weighted by Gasteiger charge is -2.18. The highest BCUT2D eigenvalue weighted by Crippen LogP contribution is 2.10. The summed E-state index contributed by atoms with van der Waals surface area (Å²) in [6, 6.07) is 0. The summed E-state index contributed by atoms with van der Waals surface area (Å²) in [5.41, 5.74) is -1.96. The fourth-order valence-electron chi connectivity index (χ4n) is 0.693. The molecule has 0 saturated carbocycles. The maximum absolute atomic E-state index is 10.7. The van der Waals surface area contributed by atoms with Gasteiger partial charge < -0.3 is 9.84 Å². The second kappa shape index (κ2) is 5.08. The van der Waals surface area contributed by atoms with Crippen LogP contribution in [-0.2, 0) is 19.6 Å². The van der Waals surface area contributed by atoms with Gasteiger partial charge >= 0.3 is 16.1 Å². The molecule has 2 unspecified atom stereocenters. The van der Waals surface area contributed by atoms with Crippen LogP contribution in [0, 0.1) is 0 Å². The third-order valence-corrected chi connectivity index (χ3v) is 2.42. The summed E-state index contributed by atoms with van der Waals surface area (Å²) >= 11 is 0. The predicted molar refractivity (Wildman–Crippen MR) is 47.9 cm³/mol. The number of rotatable bonds is 5. The van der Waals surface area contributed by atoms with Gasteiger partial charge in [-0.2, -0.15) is 8.42 Å². The molecule has 0 aliphatic carbocycles. The molecule has 7 heteroatoms. The Kier molecular flexibility index (Phi) is 4.75. The molecule has 6 nitrogen and oxygen atoms in total. The largest absolute Gasteiger partial charge is 0.437 e. The molecular weight excluding hydrogens is 212 g/mol. The minimum atomic E-state index is -4.62. The Hall–Kier alpha value is -0.920. The van der Waals surface area contributed by atoms with Gasteiger partial charge in [0, 0.05) is 6.08 Å². The molecule has 0 amide bonds. The molecule has 0 aromatic rings. The summed E-state index contributed by atoms with van der Waals surface area (Å²) in [6.45, 7) is 4.53. The molecule has 0 fully saturated rings. The van der Waals surface area contributed by atoms with Crippen molar-refractivity contribution in [3.8, 4) is 0 Å². The van der Waals surface area contributed by atoms with Crippen molar-refractivity contribution in [3.05, 3.63) is 12.7 Å². The first kappa shape index (κ1) is 13.1. The first-order chi connectivity index (χ1) is 6.32. The van der Waals surface area contributed by atoms with Gasteiger partial charge in [-0.25, -0.2) is 4.79 Å². The van der Waals surface area contributed by atoms with Crippen LogP contribution in [0.3, 0.4) is 0 Å². The van der Waals surface area contributed by atoms with E-state index in [0.29, 0.717) is 0 Å². The second-order valence-electron chi connectivity index (χ2n) is 2.50. The Balaban J connectivity index is 4.75. The van der Waals surface area contributed by atoms with Crippen molar-refractivity contribution < 1.29 is 27.6 Å². The zero-order chi connectivity index (χ0) is 11.4. The van der Waals surface area contributed by atoms with Gasteiger partial charge in [-0.05, 0) is 6.42 Å². The SMILES string of the molecule is C=CC(=O)OC(C(O)CC)S(=O)(=O)O. The molecule has 2 N–H and O–H groups in total. The molecule has 0 bridgehead atoms. The van der Waals surface area contributed by atoms with Gasteiger partial charge in [-0.1, -0.05) is 13.5 Å². The van der Waals surface area contributed by atoms with Gasteiger partial charge in [0.15, 0.2) is 0 Å². The fraction of sp³-hybridized carbons (Fsp3) is 0.571. The number of carbonyl (C=O) groups excluding carboxylic acids is 1. The van der Waals surface area contributed by atoms with Crippen LogP contribution in [0.15, 0.2) is 12.7 Å². The van der Waals surface area contributed by atoms with E-state index in [2.05, 4.69) is 11.3 Å². The van der Waals surface area contributed by atoms with Gasteiger partial charge in [-0.3, -0.25) is 4.55 Å². The van der Waals surface area contributed by atoms with Crippen LogP contribution in [-0.4, -0.2) is 35.6 Å². The molecule has 0 saturated heterocycles. The fourth-order valence-corrected chi connectivity index (χ4v) is 1.50. The molecule has 0 aromatic heterocycles. The number of carbonyl (C=O) groups is 1. The van der Waals surface area contributed by atoms with Crippen molar-refractivity contribution in [2.75, 3.05) is 0 Å².